The summed E-state index contributed by atoms with van der Waals surface area (Å²) in [7, 11) is -3.55. The highest BCUT2D eigenvalue weighted by Gasteiger charge is 2.31. The third kappa shape index (κ3) is 4.81. The van der Waals surface area contributed by atoms with E-state index in [9.17, 15) is 13.2 Å². The number of aromatic nitrogens is 4. The normalized spacial score (nSPS) is 20.2. The summed E-state index contributed by atoms with van der Waals surface area (Å²) in [5.74, 6) is 0.247. The molecule has 2 fully saturated rings. The highest BCUT2D eigenvalue weighted by Crippen LogP contribution is 2.31. The molecule has 0 bridgehead atoms. The van der Waals surface area contributed by atoms with E-state index in [4.69, 9.17) is 0 Å². The zero-order chi connectivity index (χ0) is 22.8. The predicted octanol–water partition coefficient (Wildman–Crippen LogP) is 2.29. The monoisotopic (exact) mass is 490 g/mol. The van der Waals surface area contributed by atoms with Gasteiger partial charge >= 0.3 is 0 Å². The van der Waals surface area contributed by atoms with Crippen molar-refractivity contribution in [1.82, 2.24) is 29.4 Å². The average molecular weight is 491 g/mol. The van der Waals surface area contributed by atoms with E-state index in [1.807, 2.05) is 16.8 Å². The van der Waals surface area contributed by atoms with Crippen LogP contribution in [0.5, 0.6) is 0 Å². The largest absolute Gasteiger partial charge is 0.339 e. The first-order valence-electron chi connectivity index (χ1n) is 11.8. The molecule has 1 saturated heterocycles. The molecule has 3 aliphatic rings. The van der Waals surface area contributed by atoms with E-state index in [-0.39, 0.29) is 11.7 Å². The molecule has 1 aromatic heterocycles. The number of rotatable bonds is 6. The van der Waals surface area contributed by atoms with Crippen LogP contribution in [0.2, 0.25) is 0 Å². The first-order valence-corrected chi connectivity index (χ1v) is 14.3. The fraction of sp³-hybridized carbons (Fsp3) is 0.636. The van der Waals surface area contributed by atoms with E-state index in [1.54, 1.807) is 11.0 Å². The number of benzene rings is 1. The van der Waals surface area contributed by atoms with Crippen molar-refractivity contribution >= 4 is 27.7 Å². The van der Waals surface area contributed by atoms with Crippen LogP contribution in [0.25, 0.3) is 0 Å². The van der Waals surface area contributed by atoms with E-state index in [1.165, 1.54) is 40.9 Å². The summed E-state index contributed by atoms with van der Waals surface area (Å²) in [6, 6.07) is 5.89. The second-order valence-corrected chi connectivity index (χ2v) is 11.9. The number of carbonyl (C=O) groups excluding carboxylic acids is 1. The van der Waals surface area contributed by atoms with Gasteiger partial charge in [-0.25, -0.2) is 13.1 Å². The smallest absolute Gasteiger partial charge is 0.243 e. The molecule has 2 aliphatic carbocycles. The second kappa shape index (κ2) is 9.71. The lowest BCUT2D eigenvalue weighted by molar-refractivity contribution is -0.129. The van der Waals surface area contributed by atoms with E-state index >= 15 is 0 Å². The van der Waals surface area contributed by atoms with Crippen molar-refractivity contribution in [2.24, 2.45) is 0 Å². The van der Waals surface area contributed by atoms with Crippen molar-refractivity contribution in [3.8, 4) is 0 Å². The van der Waals surface area contributed by atoms with Crippen LogP contribution in [-0.4, -0.2) is 75.7 Å². The fourth-order valence-electron chi connectivity index (χ4n) is 5.07. The van der Waals surface area contributed by atoms with Gasteiger partial charge in [0.1, 0.15) is 0 Å². The molecule has 1 aliphatic heterocycles. The van der Waals surface area contributed by atoms with Gasteiger partial charge in [0, 0.05) is 26.2 Å². The lowest BCUT2D eigenvalue weighted by Gasteiger charge is -2.34. The van der Waals surface area contributed by atoms with Crippen LogP contribution in [0.15, 0.2) is 28.3 Å². The van der Waals surface area contributed by atoms with Crippen molar-refractivity contribution in [3.63, 3.8) is 0 Å². The molecule has 2 heterocycles. The molecule has 178 valence electrons. The number of piperazine rings is 1. The number of hydrogen-bond donors (Lipinski definition) is 0. The number of fused-ring (bicyclic) bond motifs is 1. The second-order valence-electron chi connectivity index (χ2n) is 9.06. The minimum absolute atomic E-state index is 0.00759. The summed E-state index contributed by atoms with van der Waals surface area (Å²) in [5.41, 5.74) is 2.43. The Morgan fingerprint density at radius 3 is 2.48 bits per heavy atom. The Morgan fingerprint density at radius 1 is 1.00 bits per heavy atom. The van der Waals surface area contributed by atoms with Gasteiger partial charge in [0.15, 0.2) is 0 Å². The third-order valence-electron chi connectivity index (χ3n) is 7.01. The molecular formula is C22H30N6O3S2. The first-order chi connectivity index (χ1) is 16.0. The van der Waals surface area contributed by atoms with Gasteiger partial charge in [0.05, 0.1) is 16.7 Å². The van der Waals surface area contributed by atoms with Crippen molar-refractivity contribution in [1.29, 1.82) is 0 Å². The summed E-state index contributed by atoms with van der Waals surface area (Å²) >= 11 is 1.36. The van der Waals surface area contributed by atoms with Gasteiger partial charge in [-0.05, 0) is 72.2 Å². The molecule has 5 rings (SSSR count). The van der Waals surface area contributed by atoms with Gasteiger partial charge in [-0.1, -0.05) is 30.7 Å². The zero-order valence-electron chi connectivity index (χ0n) is 18.7. The molecule has 9 nitrogen and oxygen atoms in total. The maximum absolute atomic E-state index is 13.2. The molecule has 0 atom stereocenters. The standard InChI is InChI=1S/C22H30N6O3S2/c29-21(16-32-22-23-24-25-28(22)19-7-3-4-8-19)26-11-13-27(14-12-26)33(30,31)20-10-9-17-5-1-2-6-18(17)15-20/h9-10,15,19H,1-8,11-14,16H2. The molecular weight excluding hydrogens is 460 g/mol. The number of sulfonamides is 1. The molecule has 1 aromatic carbocycles. The quantitative estimate of drug-likeness (QED) is 0.573. The summed E-state index contributed by atoms with van der Waals surface area (Å²) in [6.45, 7) is 1.43. The fourth-order valence-corrected chi connectivity index (χ4v) is 7.39. The predicted molar refractivity (Wildman–Crippen MR) is 124 cm³/mol. The van der Waals surface area contributed by atoms with Gasteiger partial charge in [0.25, 0.3) is 0 Å². The SMILES string of the molecule is O=C(CSc1nnnn1C1CCCC1)N1CCN(S(=O)(=O)c2ccc3c(c2)CCCC3)CC1. The van der Waals surface area contributed by atoms with Gasteiger partial charge < -0.3 is 4.90 Å². The van der Waals surface area contributed by atoms with Gasteiger partial charge in [-0.2, -0.15) is 4.31 Å². The number of amides is 1. The summed E-state index contributed by atoms with van der Waals surface area (Å²) in [5, 5.41) is 12.7. The van der Waals surface area contributed by atoms with Crippen LogP contribution in [0, 0.1) is 0 Å². The minimum atomic E-state index is -3.55. The van der Waals surface area contributed by atoms with Gasteiger partial charge in [-0.3, -0.25) is 4.79 Å². The number of nitrogens with zero attached hydrogens (tertiary/aromatic N) is 6. The number of tetrazole rings is 1. The minimum Gasteiger partial charge on any atom is -0.339 e. The van der Waals surface area contributed by atoms with Gasteiger partial charge in [0.2, 0.25) is 21.1 Å². The number of thioether (sulfide) groups is 1. The summed E-state index contributed by atoms with van der Waals surface area (Å²) < 4.78 is 29.7. The molecule has 1 amide bonds. The maximum Gasteiger partial charge on any atom is 0.243 e. The third-order valence-corrected chi connectivity index (χ3v) is 9.82. The van der Waals surface area contributed by atoms with E-state index in [2.05, 4.69) is 15.5 Å². The van der Waals surface area contributed by atoms with E-state index < -0.39 is 10.0 Å². The number of aryl methyl sites for hydroxylation is 2. The van der Waals surface area contributed by atoms with E-state index in [0.717, 1.165) is 37.7 Å². The van der Waals surface area contributed by atoms with Crippen LogP contribution < -0.4 is 0 Å². The van der Waals surface area contributed by atoms with Gasteiger partial charge in [-0.15, -0.1) is 5.10 Å². The molecule has 11 heteroatoms. The Kier molecular flexibility index (Phi) is 6.71. The maximum atomic E-state index is 13.2. The molecule has 2 aromatic rings. The lowest BCUT2D eigenvalue weighted by Crippen LogP contribution is -2.51. The van der Waals surface area contributed by atoms with Crippen molar-refractivity contribution in [2.45, 2.75) is 67.5 Å². The number of carbonyl (C=O) groups is 1. The van der Waals surface area contributed by atoms with Crippen LogP contribution in [0.4, 0.5) is 0 Å². The lowest BCUT2D eigenvalue weighted by atomic mass is 9.92. The Balaban J connectivity index is 1.16. The number of hydrogen-bond acceptors (Lipinski definition) is 7. The molecule has 0 unspecified atom stereocenters. The Hall–Kier alpha value is -1.98. The average Bonchev–Trinajstić information content (AvgIpc) is 3.54. The van der Waals surface area contributed by atoms with Crippen LogP contribution in [0.3, 0.4) is 0 Å². The molecule has 0 radical (unpaired) electrons. The first kappa shape index (κ1) is 22.8. The Morgan fingerprint density at radius 2 is 1.73 bits per heavy atom. The van der Waals surface area contributed by atoms with Crippen molar-refractivity contribution in [3.05, 3.63) is 29.3 Å². The molecule has 1 saturated carbocycles. The zero-order valence-corrected chi connectivity index (χ0v) is 20.4. The highest BCUT2D eigenvalue weighted by molar-refractivity contribution is 7.99. The topological polar surface area (TPSA) is 101 Å². The Labute approximate surface area is 198 Å². The van der Waals surface area contributed by atoms with Crippen LogP contribution in [-0.2, 0) is 27.7 Å². The highest BCUT2D eigenvalue weighted by atomic mass is 32.2. The van der Waals surface area contributed by atoms with E-state index in [0.29, 0.717) is 42.3 Å². The summed E-state index contributed by atoms with van der Waals surface area (Å²) in [4.78, 5) is 14.9. The summed E-state index contributed by atoms with van der Waals surface area (Å²) in [6.07, 6.45) is 8.79. The van der Waals surface area contributed by atoms with Crippen molar-refractivity contribution < 1.29 is 13.2 Å². The Bertz CT molecular complexity index is 1110. The van der Waals surface area contributed by atoms with Crippen LogP contribution >= 0.6 is 11.8 Å². The van der Waals surface area contributed by atoms with Crippen LogP contribution in [0.1, 0.15) is 55.7 Å². The van der Waals surface area contributed by atoms with Crippen molar-refractivity contribution in [2.75, 3.05) is 31.9 Å². The molecule has 0 N–H and O–H groups in total. The molecule has 33 heavy (non-hydrogen) atoms. The molecule has 0 spiro atoms.